The van der Waals surface area contributed by atoms with E-state index in [0.29, 0.717) is 6.42 Å². The smallest absolute Gasteiger partial charge is 0.227 e. The van der Waals surface area contributed by atoms with Crippen LogP contribution in [0.2, 0.25) is 0 Å². The molecule has 0 spiro atoms. The number of thiophene rings is 1. The van der Waals surface area contributed by atoms with E-state index in [4.69, 9.17) is 5.73 Å². The van der Waals surface area contributed by atoms with Crippen LogP contribution in [-0.4, -0.2) is 29.9 Å². The van der Waals surface area contributed by atoms with Gasteiger partial charge in [-0.2, -0.15) is 0 Å². The molecule has 1 amide bonds. The predicted octanol–water partition coefficient (Wildman–Crippen LogP) is 2.64. The average molecular weight is 331 g/mol. The van der Waals surface area contributed by atoms with Crippen molar-refractivity contribution in [2.45, 2.75) is 32.7 Å². The molecule has 0 radical (unpaired) electrons. The Morgan fingerprint density at radius 1 is 1.61 bits per heavy atom. The van der Waals surface area contributed by atoms with Crippen molar-refractivity contribution in [1.82, 2.24) is 4.90 Å². The van der Waals surface area contributed by atoms with Crippen molar-refractivity contribution >= 4 is 33.2 Å². The maximum Gasteiger partial charge on any atom is 0.227 e. The minimum absolute atomic E-state index is 0.0178. The Labute approximate surface area is 120 Å². The lowest BCUT2D eigenvalue weighted by Crippen LogP contribution is -2.54. The van der Waals surface area contributed by atoms with Crippen LogP contribution >= 0.6 is 27.3 Å². The van der Waals surface area contributed by atoms with Crippen LogP contribution in [0.1, 0.15) is 25.1 Å². The van der Waals surface area contributed by atoms with E-state index >= 15 is 0 Å². The summed E-state index contributed by atoms with van der Waals surface area (Å²) in [6.07, 6.45) is 1.40. The summed E-state index contributed by atoms with van der Waals surface area (Å²) in [6, 6.07) is 4.19. The summed E-state index contributed by atoms with van der Waals surface area (Å²) in [6.45, 7) is 5.83. The molecule has 1 saturated heterocycles. The van der Waals surface area contributed by atoms with Crippen molar-refractivity contribution in [2.75, 3.05) is 13.1 Å². The van der Waals surface area contributed by atoms with Crippen molar-refractivity contribution in [3.63, 3.8) is 0 Å². The lowest BCUT2D eigenvalue weighted by Gasteiger charge is -2.42. The van der Waals surface area contributed by atoms with E-state index in [-0.39, 0.29) is 17.4 Å². The highest BCUT2D eigenvalue weighted by molar-refractivity contribution is 9.11. The van der Waals surface area contributed by atoms with Gasteiger partial charge in [-0.3, -0.25) is 4.79 Å². The molecule has 18 heavy (non-hydrogen) atoms. The summed E-state index contributed by atoms with van der Waals surface area (Å²) >= 11 is 5.05. The highest BCUT2D eigenvalue weighted by Gasteiger charge is 2.35. The zero-order valence-corrected chi connectivity index (χ0v) is 13.2. The normalized spacial score (nSPS) is 23.1. The maximum absolute atomic E-state index is 12.2. The van der Waals surface area contributed by atoms with Crippen molar-refractivity contribution in [1.29, 1.82) is 0 Å². The van der Waals surface area contributed by atoms with Crippen molar-refractivity contribution < 1.29 is 4.79 Å². The van der Waals surface area contributed by atoms with Crippen LogP contribution in [0.25, 0.3) is 0 Å². The number of nitrogens with two attached hydrogens (primary N) is 1. The van der Waals surface area contributed by atoms with Crippen LogP contribution in [0.15, 0.2) is 15.9 Å². The average Bonchev–Trinajstić information content (AvgIpc) is 2.68. The monoisotopic (exact) mass is 330 g/mol. The minimum Gasteiger partial charge on any atom is -0.342 e. The van der Waals surface area contributed by atoms with Gasteiger partial charge in [0, 0.05) is 24.0 Å². The fraction of sp³-hybridized carbons (Fsp3) is 0.615. The molecule has 100 valence electrons. The molecule has 2 N–H and O–H groups in total. The van der Waals surface area contributed by atoms with Gasteiger partial charge in [-0.1, -0.05) is 13.8 Å². The van der Waals surface area contributed by atoms with Crippen LogP contribution < -0.4 is 5.73 Å². The number of nitrogens with zero attached hydrogens (tertiary/aromatic N) is 1. The molecule has 0 saturated carbocycles. The van der Waals surface area contributed by atoms with E-state index < -0.39 is 0 Å². The number of carbonyl (C=O) groups is 1. The molecule has 1 unspecified atom stereocenters. The Morgan fingerprint density at radius 2 is 2.33 bits per heavy atom. The first kappa shape index (κ1) is 14.0. The second-order valence-electron chi connectivity index (χ2n) is 5.58. The van der Waals surface area contributed by atoms with Crippen LogP contribution in [-0.2, 0) is 11.2 Å². The molecule has 0 bridgehead atoms. The van der Waals surface area contributed by atoms with Gasteiger partial charge >= 0.3 is 0 Å². The van der Waals surface area contributed by atoms with Gasteiger partial charge in [-0.05, 0) is 39.9 Å². The Bertz CT molecular complexity index is 444. The second kappa shape index (κ2) is 5.31. The zero-order valence-electron chi connectivity index (χ0n) is 10.8. The van der Waals surface area contributed by atoms with E-state index in [9.17, 15) is 4.79 Å². The molecular formula is C13H19BrN2OS. The zero-order chi connectivity index (χ0) is 13.3. The van der Waals surface area contributed by atoms with Crippen LogP contribution in [0.5, 0.6) is 0 Å². The van der Waals surface area contributed by atoms with E-state index in [1.54, 1.807) is 11.3 Å². The van der Waals surface area contributed by atoms with Gasteiger partial charge in [-0.25, -0.2) is 0 Å². The first-order chi connectivity index (χ1) is 8.38. The number of amides is 1. The van der Waals surface area contributed by atoms with Crippen molar-refractivity contribution in [2.24, 2.45) is 11.1 Å². The summed E-state index contributed by atoms with van der Waals surface area (Å²) in [5.74, 6) is 0.212. The van der Waals surface area contributed by atoms with Gasteiger partial charge < -0.3 is 10.6 Å². The molecule has 0 aromatic carbocycles. The number of halogens is 1. The van der Waals surface area contributed by atoms with E-state index in [2.05, 4.69) is 29.8 Å². The maximum atomic E-state index is 12.2. The third kappa shape index (κ3) is 3.13. The minimum atomic E-state index is 0.0178. The highest BCUT2D eigenvalue weighted by atomic mass is 79.9. The molecule has 1 atom stereocenters. The summed E-state index contributed by atoms with van der Waals surface area (Å²) in [7, 11) is 0. The Balaban J connectivity index is 1.98. The van der Waals surface area contributed by atoms with E-state index in [1.165, 1.54) is 0 Å². The fourth-order valence-electron chi connectivity index (χ4n) is 2.29. The summed E-state index contributed by atoms with van der Waals surface area (Å²) in [5.41, 5.74) is 6.11. The Hall–Kier alpha value is -0.390. The van der Waals surface area contributed by atoms with Crippen molar-refractivity contribution in [3.05, 3.63) is 20.8 Å². The standard InChI is InChI=1S/C13H19BrN2OS/c1-13(2)8-16(6-5-10(13)15)12(17)7-9-3-4-11(14)18-9/h3-4,10H,5-8,15H2,1-2H3. The third-order valence-electron chi connectivity index (χ3n) is 3.62. The molecule has 3 nitrogen and oxygen atoms in total. The van der Waals surface area contributed by atoms with Crippen molar-refractivity contribution in [3.8, 4) is 0 Å². The molecular weight excluding hydrogens is 312 g/mol. The molecule has 5 heteroatoms. The number of hydrogen-bond donors (Lipinski definition) is 1. The number of rotatable bonds is 2. The van der Waals surface area contributed by atoms with Crippen LogP contribution in [0.3, 0.4) is 0 Å². The summed E-state index contributed by atoms with van der Waals surface area (Å²) < 4.78 is 1.08. The SMILES string of the molecule is CC1(C)CN(C(=O)Cc2ccc(Br)s2)CCC1N. The van der Waals surface area contributed by atoms with Crippen LogP contribution in [0, 0.1) is 5.41 Å². The largest absolute Gasteiger partial charge is 0.342 e. The first-order valence-electron chi connectivity index (χ1n) is 6.16. The third-order valence-corrected chi connectivity index (χ3v) is 5.24. The molecule has 1 aliphatic heterocycles. The first-order valence-corrected chi connectivity index (χ1v) is 7.77. The van der Waals surface area contributed by atoms with E-state index in [0.717, 1.165) is 28.2 Å². The van der Waals surface area contributed by atoms with Gasteiger partial charge in [-0.15, -0.1) is 11.3 Å². The van der Waals surface area contributed by atoms with Gasteiger partial charge in [0.25, 0.3) is 0 Å². The van der Waals surface area contributed by atoms with Gasteiger partial charge in [0.1, 0.15) is 0 Å². The number of carbonyl (C=O) groups excluding carboxylic acids is 1. The number of likely N-dealkylation sites (tertiary alicyclic amines) is 1. The molecule has 1 aromatic heterocycles. The fourth-order valence-corrected chi connectivity index (χ4v) is 3.77. The molecule has 2 rings (SSSR count). The van der Waals surface area contributed by atoms with Crippen LogP contribution in [0.4, 0.5) is 0 Å². The summed E-state index contributed by atoms with van der Waals surface area (Å²) in [4.78, 5) is 15.3. The molecule has 1 fully saturated rings. The number of hydrogen-bond acceptors (Lipinski definition) is 3. The van der Waals surface area contributed by atoms with Gasteiger partial charge in [0.15, 0.2) is 0 Å². The van der Waals surface area contributed by atoms with Gasteiger partial charge in [0.2, 0.25) is 5.91 Å². The number of piperidine rings is 1. The molecule has 1 aliphatic rings. The predicted molar refractivity (Wildman–Crippen MR) is 78.7 cm³/mol. The van der Waals surface area contributed by atoms with E-state index in [1.807, 2.05) is 17.0 Å². The lowest BCUT2D eigenvalue weighted by atomic mass is 9.79. The Kier molecular flexibility index (Phi) is 4.14. The topological polar surface area (TPSA) is 46.3 Å². The molecule has 1 aromatic rings. The quantitative estimate of drug-likeness (QED) is 0.906. The highest BCUT2D eigenvalue weighted by Crippen LogP contribution is 2.29. The second-order valence-corrected chi connectivity index (χ2v) is 8.13. The summed E-state index contributed by atoms with van der Waals surface area (Å²) in [5, 5.41) is 0. The lowest BCUT2D eigenvalue weighted by molar-refractivity contribution is -0.133. The molecule has 0 aliphatic carbocycles. The molecule has 2 heterocycles. The Morgan fingerprint density at radius 3 is 2.89 bits per heavy atom. The van der Waals surface area contributed by atoms with Gasteiger partial charge in [0.05, 0.1) is 10.2 Å².